The van der Waals surface area contributed by atoms with Crippen molar-refractivity contribution < 1.29 is 45.6 Å². The van der Waals surface area contributed by atoms with Crippen molar-refractivity contribution in [1.29, 1.82) is 0 Å². The zero-order valence-corrected chi connectivity index (χ0v) is 50.6. The number of ether oxygens (including phenoxy) is 4. The monoisotopic (exact) mass is 1160 g/mol. The van der Waals surface area contributed by atoms with Crippen LogP contribution in [0.1, 0.15) is 244 Å². The average Bonchev–Trinajstić information content (AvgIpc) is 3.45. The third-order valence-corrected chi connectivity index (χ3v) is 26.8. The largest absolute Gasteiger partial charge is 0.375 e. The van der Waals surface area contributed by atoms with E-state index in [2.05, 4.69) is 21.3 Å². The molecule has 0 bridgehead atoms. The van der Waals surface area contributed by atoms with Crippen molar-refractivity contribution in [2.75, 3.05) is 0 Å². The predicted molar refractivity (Wildman–Crippen MR) is 316 cm³/mol. The van der Waals surface area contributed by atoms with E-state index in [4.69, 9.17) is 18.9 Å². The minimum Gasteiger partial charge on any atom is -0.375 e. The van der Waals surface area contributed by atoms with Gasteiger partial charge in [-0.1, -0.05) is 115 Å². The third kappa shape index (κ3) is 15.6. The van der Waals surface area contributed by atoms with Gasteiger partial charge in [0.15, 0.2) is 6.35 Å². The molecule has 0 aromatic heterocycles. The first-order chi connectivity index (χ1) is 38.8. The van der Waals surface area contributed by atoms with Crippen LogP contribution in [-0.2, 0) is 29.1 Å². The van der Waals surface area contributed by atoms with Gasteiger partial charge in [-0.05, 0) is 194 Å². The number of allylic oxidation sites excluding steroid dienone is 2. The van der Waals surface area contributed by atoms with Gasteiger partial charge in [-0.3, -0.25) is 20.5 Å². The Bertz CT molecular complexity index is 2020. The lowest BCUT2D eigenvalue weighted by Gasteiger charge is -2.46. The Morgan fingerprint density at radius 2 is 0.762 bits per heavy atom. The zero-order chi connectivity index (χ0) is 54.8. The van der Waals surface area contributed by atoms with E-state index < -0.39 is 37.4 Å². The van der Waals surface area contributed by atoms with E-state index in [9.17, 15) is 26.6 Å². The van der Waals surface area contributed by atoms with E-state index in [1.165, 1.54) is 141 Å². The number of nitrogens with one attached hydrogen (secondary N) is 4. The van der Waals surface area contributed by atoms with Crippen LogP contribution in [-0.4, -0.2) is 111 Å². The second kappa shape index (κ2) is 27.3. The SMILES string of the molecule is O=S(=O)(O)C1CC(NC2CC(OC3CCC4CCCCC4C3)CC(OC3CCC4CCCCC4C3)C2)CCC1C=CC1CCC(NC2CC(OC3CCC4CCCCC4C3)NC(OC3CCC4CCCCC4C3)N2)CC1S(O)(O)O. The highest BCUT2D eigenvalue weighted by Gasteiger charge is 2.46. The molecule has 23 atom stereocenters. The molecule has 11 saturated carbocycles. The van der Waals surface area contributed by atoms with E-state index >= 15 is 0 Å². The molecule has 1 aliphatic heterocycles. The highest BCUT2D eigenvalue weighted by Crippen LogP contribution is 2.51. The van der Waals surface area contributed by atoms with Gasteiger partial charge in [-0.25, -0.2) is 0 Å². The minimum absolute atomic E-state index is 0.0811. The van der Waals surface area contributed by atoms with Crippen LogP contribution < -0.4 is 21.3 Å². The van der Waals surface area contributed by atoms with E-state index in [1.807, 2.05) is 12.2 Å². The molecular formula is C64H110N4O10S2. The van der Waals surface area contributed by atoms with Crippen molar-refractivity contribution in [3.8, 4) is 0 Å². The first-order valence-electron chi connectivity index (χ1n) is 34.1. The summed E-state index contributed by atoms with van der Waals surface area (Å²) < 4.78 is 99.0. The van der Waals surface area contributed by atoms with Crippen molar-refractivity contribution >= 4 is 21.0 Å². The first kappa shape index (κ1) is 59.9. The Balaban J connectivity index is 0.669. The standard InChI is InChI=1S/C64H110N4O10S2/c69-79(70,71)60-37-51(65-53-35-58(75-54-27-21-41-9-1-5-13-47(41)31-54)39-59(36-53)76-55-28-22-42-10-2-6-14-48(42)32-55)25-19-45(60)17-18-46-20-26-52(38-61(46)80(72,73)74)66-62-40-63(77-56-29-23-43-11-3-7-15-49(43)33-56)68-64(67-62)78-57-30-24-44-12-4-8-16-50(44)34-57/h17-18,41-68,72-74H,1-16,19-40H2,(H,69,70,71). The van der Waals surface area contributed by atoms with Crippen LogP contribution in [0.25, 0.3) is 0 Å². The van der Waals surface area contributed by atoms with Crippen LogP contribution >= 0.6 is 10.9 Å². The zero-order valence-electron chi connectivity index (χ0n) is 48.9. The van der Waals surface area contributed by atoms with Crippen LogP contribution in [0.15, 0.2) is 12.2 Å². The van der Waals surface area contributed by atoms with Crippen LogP contribution in [0.5, 0.6) is 0 Å². The Labute approximate surface area is 484 Å². The fraction of sp³-hybridized carbons (Fsp3) is 0.969. The van der Waals surface area contributed by atoms with Crippen LogP contribution in [0.3, 0.4) is 0 Å². The second-order valence-electron chi connectivity index (χ2n) is 29.4. The molecule has 1 heterocycles. The second-order valence-corrected chi connectivity index (χ2v) is 32.7. The lowest BCUT2D eigenvalue weighted by molar-refractivity contribution is -0.157. The lowest BCUT2D eigenvalue weighted by Crippen LogP contribution is -2.66. The quantitative estimate of drug-likeness (QED) is 0.0536. The van der Waals surface area contributed by atoms with E-state index in [-0.39, 0.29) is 67.2 Å². The van der Waals surface area contributed by atoms with Gasteiger partial charge in [-0.2, -0.15) is 8.42 Å². The summed E-state index contributed by atoms with van der Waals surface area (Å²) in [4.78, 5) is 0. The molecule has 0 aromatic carbocycles. The molecule has 0 radical (unpaired) electrons. The Hall–Kier alpha value is -0.440. The molecule has 0 aromatic rings. The summed E-state index contributed by atoms with van der Waals surface area (Å²) in [5, 5.41) is 13.5. The molecule has 23 unspecified atom stereocenters. The predicted octanol–water partition coefficient (Wildman–Crippen LogP) is 13.2. The van der Waals surface area contributed by atoms with Crippen molar-refractivity contribution in [2.45, 2.75) is 328 Å². The fourth-order valence-corrected chi connectivity index (χ4v) is 22.4. The molecule has 12 rings (SSSR count). The molecular weight excluding hydrogens is 1050 g/mol. The summed E-state index contributed by atoms with van der Waals surface area (Å²) in [6.07, 6.45) is 47.0. The topological polar surface area (TPSA) is 200 Å². The Morgan fingerprint density at radius 1 is 0.350 bits per heavy atom. The fourth-order valence-electron chi connectivity index (χ4n) is 20.1. The molecule has 16 heteroatoms. The van der Waals surface area contributed by atoms with E-state index in [0.29, 0.717) is 44.3 Å². The summed E-state index contributed by atoms with van der Waals surface area (Å²) in [5.74, 6) is 5.76. The van der Waals surface area contributed by atoms with Gasteiger partial charge in [0.1, 0.15) is 6.23 Å². The normalized spacial score (nSPS) is 47.3. The molecule has 11 aliphatic carbocycles. The van der Waals surface area contributed by atoms with Gasteiger partial charge in [0.25, 0.3) is 10.1 Å². The summed E-state index contributed by atoms with van der Waals surface area (Å²) in [6, 6.07) is -0.0491. The Morgan fingerprint density at radius 3 is 1.23 bits per heavy atom. The third-order valence-electron chi connectivity index (χ3n) is 24.2. The van der Waals surface area contributed by atoms with Crippen molar-refractivity contribution in [2.24, 2.45) is 59.2 Å². The first-order valence-corrected chi connectivity index (χ1v) is 37.1. The van der Waals surface area contributed by atoms with Crippen LogP contribution in [0.4, 0.5) is 0 Å². The average molecular weight is 1160 g/mol. The molecule has 0 amide bonds. The van der Waals surface area contributed by atoms with E-state index in [1.54, 1.807) is 0 Å². The smallest absolute Gasteiger partial charge is 0.268 e. The van der Waals surface area contributed by atoms with Crippen molar-refractivity contribution in [3.05, 3.63) is 12.2 Å². The van der Waals surface area contributed by atoms with Crippen molar-refractivity contribution in [3.63, 3.8) is 0 Å². The molecule has 8 N–H and O–H groups in total. The maximum Gasteiger partial charge on any atom is 0.268 e. The maximum absolute atomic E-state index is 13.4. The molecule has 12 fully saturated rings. The molecule has 0 spiro atoms. The Kier molecular flexibility index (Phi) is 20.4. The minimum atomic E-state index is -4.41. The summed E-state index contributed by atoms with van der Waals surface area (Å²) in [7, 11) is -8.37. The highest BCUT2D eigenvalue weighted by molar-refractivity contribution is 8.19. The van der Waals surface area contributed by atoms with Crippen LogP contribution in [0, 0.1) is 59.2 Å². The number of rotatable bonds is 16. The molecule has 14 nitrogen and oxygen atoms in total. The van der Waals surface area contributed by atoms with Crippen molar-refractivity contribution in [1.82, 2.24) is 21.3 Å². The van der Waals surface area contributed by atoms with Gasteiger partial charge < -0.3 is 37.9 Å². The van der Waals surface area contributed by atoms with E-state index in [0.717, 1.165) is 118 Å². The van der Waals surface area contributed by atoms with Gasteiger partial charge >= 0.3 is 0 Å². The highest BCUT2D eigenvalue weighted by atomic mass is 32.3. The summed E-state index contributed by atoms with van der Waals surface area (Å²) in [5.41, 5.74) is 0. The lowest BCUT2D eigenvalue weighted by atomic mass is 9.70. The molecule has 12 aliphatic rings. The summed E-state index contributed by atoms with van der Waals surface area (Å²) in [6.45, 7) is 0. The van der Waals surface area contributed by atoms with Crippen LogP contribution in [0.2, 0.25) is 0 Å². The maximum atomic E-state index is 13.4. The molecule has 80 heavy (non-hydrogen) atoms. The van der Waals surface area contributed by atoms with Gasteiger partial charge in [-0.15, -0.1) is 0 Å². The number of fused-ring (bicyclic) bond motifs is 4. The summed E-state index contributed by atoms with van der Waals surface area (Å²) >= 11 is 0. The van der Waals surface area contributed by atoms with Gasteiger partial charge in [0, 0.05) is 24.5 Å². The van der Waals surface area contributed by atoms with Gasteiger partial charge in [0.2, 0.25) is 0 Å². The van der Waals surface area contributed by atoms with Gasteiger partial charge in [0.05, 0.1) is 64.2 Å². The number of hydrogen-bond acceptors (Lipinski definition) is 13. The number of hydrogen-bond donors (Lipinski definition) is 8. The molecule has 1 saturated heterocycles. The molecule has 458 valence electrons.